The van der Waals surface area contributed by atoms with Crippen molar-refractivity contribution in [2.75, 3.05) is 26.3 Å². The molecular formula is C20H21BrN4O2S. The van der Waals surface area contributed by atoms with Crippen LogP contribution in [0.1, 0.15) is 0 Å². The molecule has 1 atom stereocenters. The second kappa shape index (κ2) is 10.5. The Kier molecular flexibility index (Phi) is 7.79. The molecule has 8 heteroatoms. The van der Waals surface area contributed by atoms with Gasteiger partial charge in [-0.15, -0.1) is 0 Å². The molecule has 1 amide bonds. The zero-order valence-corrected chi connectivity index (χ0v) is 17.6. The lowest BCUT2D eigenvalue weighted by atomic mass is 10.1. The highest BCUT2D eigenvalue weighted by Crippen LogP contribution is 2.25. The number of carbonyl (C=O) groups is 1. The average Bonchev–Trinajstić information content (AvgIpc) is 2.75. The molecule has 0 aliphatic carbocycles. The molecule has 1 heterocycles. The molecule has 1 saturated heterocycles. The first-order valence-corrected chi connectivity index (χ1v) is 10.5. The fraction of sp³-hybridized carbons (Fsp3) is 0.250. The summed E-state index contributed by atoms with van der Waals surface area (Å²) in [6.07, 6.45) is 1.61. The van der Waals surface area contributed by atoms with Gasteiger partial charge in [-0.25, -0.2) is 4.72 Å². The Morgan fingerprint density at radius 2 is 1.86 bits per heavy atom. The molecule has 2 aromatic carbocycles. The van der Waals surface area contributed by atoms with Crippen molar-refractivity contribution in [3.05, 3.63) is 59.1 Å². The summed E-state index contributed by atoms with van der Waals surface area (Å²) < 4.78 is 9.44. The number of carbonyl (C=O) groups excluding carboxylic acids is 1. The molecule has 2 aromatic rings. The monoisotopic (exact) mass is 460 g/mol. The van der Waals surface area contributed by atoms with Crippen LogP contribution in [0.4, 0.5) is 5.69 Å². The number of morpholine rings is 1. The Morgan fingerprint density at radius 1 is 1.18 bits per heavy atom. The topological polar surface area (TPSA) is 77.8 Å². The van der Waals surface area contributed by atoms with E-state index in [0.717, 1.165) is 15.1 Å². The maximum absolute atomic E-state index is 12.8. The van der Waals surface area contributed by atoms with Crippen molar-refractivity contribution in [3.8, 4) is 0 Å². The summed E-state index contributed by atoms with van der Waals surface area (Å²) in [5.41, 5.74) is 0.730. The van der Waals surface area contributed by atoms with Crippen LogP contribution in [0.25, 0.3) is 0 Å². The van der Waals surface area contributed by atoms with E-state index in [1.165, 1.54) is 11.9 Å². The van der Waals surface area contributed by atoms with E-state index in [2.05, 4.69) is 25.6 Å². The van der Waals surface area contributed by atoms with Crippen molar-refractivity contribution in [1.82, 2.24) is 9.62 Å². The molecule has 0 aromatic heterocycles. The number of hydrogen-bond acceptors (Lipinski definition) is 6. The lowest BCUT2D eigenvalue weighted by molar-refractivity contribution is -0.128. The second-order valence-corrected chi connectivity index (χ2v) is 7.79. The van der Waals surface area contributed by atoms with Crippen molar-refractivity contribution in [3.63, 3.8) is 0 Å². The maximum Gasteiger partial charge on any atom is 0.269 e. The highest BCUT2D eigenvalue weighted by molar-refractivity contribution is 9.10. The molecule has 2 N–H and O–H groups in total. The molecule has 3 rings (SSSR count). The number of nitrogens with one attached hydrogen (secondary N) is 2. The van der Waals surface area contributed by atoms with E-state index in [-0.39, 0.29) is 11.6 Å². The molecule has 0 bridgehead atoms. The number of halogens is 1. The molecule has 1 aliphatic rings. The smallest absolute Gasteiger partial charge is 0.269 e. The van der Waals surface area contributed by atoms with Crippen molar-refractivity contribution < 1.29 is 9.53 Å². The molecule has 1 aliphatic heterocycles. The van der Waals surface area contributed by atoms with Crippen molar-refractivity contribution in [1.29, 1.82) is 5.41 Å². The molecule has 6 nitrogen and oxygen atoms in total. The largest absolute Gasteiger partial charge is 0.378 e. The SMILES string of the molecule is N=C(C(=O)N1CCOCC1)C(C=Nc1ccccc1)NSc1ccccc1Br. The predicted molar refractivity (Wildman–Crippen MR) is 117 cm³/mol. The number of aliphatic imine (C=N–C) groups is 1. The number of para-hydroxylation sites is 1. The van der Waals surface area contributed by atoms with Crippen LogP contribution in [0, 0.1) is 5.41 Å². The second-order valence-electron chi connectivity index (χ2n) is 6.06. The third-order valence-corrected chi connectivity index (χ3v) is 6.00. The van der Waals surface area contributed by atoms with Crippen LogP contribution in [-0.2, 0) is 9.53 Å². The lowest BCUT2D eigenvalue weighted by Crippen LogP contribution is -2.49. The van der Waals surface area contributed by atoms with Gasteiger partial charge in [0.25, 0.3) is 5.91 Å². The van der Waals surface area contributed by atoms with E-state index in [9.17, 15) is 4.79 Å². The summed E-state index contributed by atoms with van der Waals surface area (Å²) in [6.45, 7) is 2.00. The summed E-state index contributed by atoms with van der Waals surface area (Å²) in [5, 5.41) is 8.46. The van der Waals surface area contributed by atoms with Crippen LogP contribution in [0.5, 0.6) is 0 Å². The van der Waals surface area contributed by atoms with Crippen LogP contribution in [0.3, 0.4) is 0 Å². The number of amides is 1. The molecule has 28 heavy (non-hydrogen) atoms. The summed E-state index contributed by atoms with van der Waals surface area (Å²) in [6, 6.07) is 16.6. The average molecular weight is 461 g/mol. The summed E-state index contributed by atoms with van der Waals surface area (Å²) in [5.74, 6) is -0.298. The normalized spacial score (nSPS) is 15.5. The van der Waals surface area contributed by atoms with Crippen LogP contribution in [0.2, 0.25) is 0 Å². The van der Waals surface area contributed by atoms with Gasteiger partial charge in [0.1, 0.15) is 5.71 Å². The van der Waals surface area contributed by atoms with E-state index in [1.807, 2.05) is 54.6 Å². The van der Waals surface area contributed by atoms with Crippen LogP contribution in [-0.4, -0.2) is 55.1 Å². The molecular weight excluding hydrogens is 440 g/mol. The van der Waals surface area contributed by atoms with E-state index >= 15 is 0 Å². The standard InChI is InChI=1S/C20H21BrN4O2S/c21-16-8-4-5-9-18(16)28-24-17(14-23-15-6-2-1-3-7-15)19(22)20(26)25-10-12-27-13-11-25/h1-9,14,17,22,24H,10-13H2. The van der Waals surface area contributed by atoms with Crippen molar-refractivity contribution >= 4 is 51.4 Å². The highest BCUT2D eigenvalue weighted by Gasteiger charge is 2.26. The minimum Gasteiger partial charge on any atom is -0.378 e. The predicted octanol–water partition coefficient (Wildman–Crippen LogP) is 3.70. The number of benzene rings is 2. The number of rotatable bonds is 7. The van der Waals surface area contributed by atoms with Gasteiger partial charge in [-0.2, -0.15) is 0 Å². The van der Waals surface area contributed by atoms with Gasteiger partial charge in [0, 0.05) is 28.7 Å². The fourth-order valence-corrected chi connectivity index (χ4v) is 3.84. The van der Waals surface area contributed by atoms with Gasteiger partial charge in [-0.05, 0) is 52.1 Å². The molecule has 1 fully saturated rings. The zero-order valence-electron chi connectivity index (χ0n) is 15.2. The summed E-state index contributed by atoms with van der Waals surface area (Å²) >= 11 is 4.87. The quantitative estimate of drug-likeness (QED) is 0.487. The van der Waals surface area contributed by atoms with Crippen molar-refractivity contribution in [2.24, 2.45) is 4.99 Å². The van der Waals surface area contributed by atoms with E-state index in [1.54, 1.807) is 11.1 Å². The third-order valence-electron chi connectivity index (χ3n) is 4.10. The number of ether oxygens (including phenoxy) is 1. The first-order valence-electron chi connectivity index (χ1n) is 8.87. The third kappa shape index (κ3) is 5.75. The Hall–Kier alpha value is -2.00. The van der Waals surface area contributed by atoms with Crippen LogP contribution >= 0.6 is 27.9 Å². The minimum absolute atomic E-state index is 0.0406. The van der Waals surface area contributed by atoms with Gasteiger partial charge in [-0.1, -0.05) is 30.3 Å². The van der Waals surface area contributed by atoms with E-state index < -0.39 is 6.04 Å². The van der Waals surface area contributed by atoms with Gasteiger partial charge in [0.2, 0.25) is 0 Å². The summed E-state index contributed by atoms with van der Waals surface area (Å²) in [4.78, 5) is 19.8. The van der Waals surface area contributed by atoms with E-state index in [0.29, 0.717) is 26.3 Å². The lowest BCUT2D eigenvalue weighted by Gasteiger charge is -2.28. The van der Waals surface area contributed by atoms with Gasteiger partial charge < -0.3 is 9.64 Å². The van der Waals surface area contributed by atoms with Gasteiger partial charge in [-0.3, -0.25) is 15.2 Å². The first-order chi connectivity index (χ1) is 13.6. The molecule has 1 unspecified atom stereocenters. The molecule has 0 saturated carbocycles. The maximum atomic E-state index is 12.8. The highest BCUT2D eigenvalue weighted by atomic mass is 79.9. The number of hydrogen-bond donors (Lipinski definition) is 2. The van der Waals surface area contributed by atoms with E-state index in [4.69, 9.17) is 10.1 Å². The summed E-state index contributed by atoms with van der Waals surface area (Å²) in [7, 11) is 0. The zero-order chi connectivity index (χ0) is 19.8. The Morgan fingerprint density at radius 3 is 2.57 bits per heavy atom. The Balaban J connectivity index is 1.74. The Bertz CT molecular complexity index is 841. The van der Waals surface area contributed by atoms with Crippen molar-refractivity contribution in [2.45, 2.75) is 10.9 Å². The van der Waals surface area contributed by atoms with Gasteiger partial charge in [0.05, 0.1) is 24.9 Å². The van der Waals surface area contributed by atoms with Gasteiger partial charge in [0.15, 0.2) is 0 Å². The number of nitrogens with zero attached hydrogens (tertiary/aromatic N) is 2. The van der Waals surface area contributed by atoms with Gasteiger partial charge >= 0.3 is 0 Å². The molecule has 0 spiro atoms. The van der Waals surface area contributed by atoms with Crippen LogP contribution < -0.4 is 4.72 Å². The minimum atomic E-state index is -0.632. The van der Waals surface area contributed by atoms with Crippen LogP contribution in [0.15, 0.2) is 69.0 Å². The molecule has 0 radical (unpaired) electrons. The fourth-order valence-electron chi connectivity index (χ4n) is 2.56. The molecule has 146 valence electrons. The first kappa shape index (κ1) is 20.7. The Labute approximate surface area is 177 Å².